The molecule has 1 N–H and O–H groups in total. The van der Waals surface area contributed by atoms with Crippen LogP contribution in [0.1, 0.15) is 47.2 Å². The van der Waals surface area contributed by atoms with Gasteiger partial charge in [0, 0.05) is 31.7 Å². The first-order valence-corrected chi connectivity index (χ1v) is 8.85. The van der Waals surface area contributed by atoms with Gasteiger partial charge in [-0.15, -0.1) is 22.7 Å². The second-order valence-corrected chi connectivity index (χ2v) is 7.66. The molecule has 0 aromatic carbocycles. The van der Waals surface area contributed by atoms with Gasteiger partial charge in [-0.2, -0.15) is 0 Å². The molecule has 0 bridgehead atoms. The maximum atomic E-state index is 3.79. The van der Waals surface area contributed by atoms with Crippen molar-refractivity contribution in [3.63, 3.8) is 0 Å². The first kappa shape index (κ1) is 12.9. The molecule has 96 valence electrons. The van der Waals surface area contributed by atoms with Gasteiger partial charge in [0.2, 0.25) is 0 Å². The number of aryl methyl sites for hydroxylation is 1. The van der Waals surface area contributed by atoms with Crippen molar-refractivity contribution in [1.29, 1.82) is 0 Å². The molecule has 3 rings (SSSR count). The van der Waals surface area contributed by atoms with Crippen LogP contribution in [0, 0.1) is 0 Å². The number of thiophene rings is 2. The molecule has 1 aliphatic rings. The van der Waals surface area contributed by atoms with Crippen LogP contribution >= 0.6 is 38.6 Å². The molecule has 18 heavy (non-hydrogen) atoms. The lowest BCUT2D eigenvalue weighted by Gasteiger charge is -2.26. The average Bonchev–Trinajstić information content (AvgIpc) is 2.97. The van der Waals surface area contributed by atoms with Crippen molar-refractivity contribution < 1.29 is 0 Å². The molecule has 1 aliphatic carbocycles. The highest BCUT2D eigenvalue weighted by molar-refractivity contribution is 9.10. The van der Waals surface area contributed by atoms with E-state index < -0.39 is 0 Å². The Morgan fingerprint density at radius 3 is 3.11 bits per heavy atom. The van der Waals surface area contributed by atoms with Gasteiger partial charge in [-0.25, -0.2) is 0 Å². The molecule has 0 amide bonds. The Morgan fingerprint density at radius 2 is 2.33 bits per heavy atom. The number of rotatable bonds is 3. The molecular weight excluding hydrogens is 326 g/mol. The normalized spacial score (nSPS) is 20.7. The summed E-state index contributed by atoms with van der Waals surface area (Å²) in [4.78, 5) is 2.99. The maximum Gasteiger partial charge on any atom is 0.0391 e. The van der Waals surface area contributed by atoms with E-state index >= 15 is 0 Å². The van der Waals surface area contributed by atoms with Crippen molar-refractivity contribution in [2.45, 2.75) is 38.3 Å². The smallest absolute Gasteiger partial charge is 0.0391 e. The third-order valence-electron chi connectivity index (χ3n) is 3.52. The van der Waals surface area contributed by atoms with E-state index in [-0.39, 0.29) is 0 Å². The van der Waals surface area contributed by atoms with Gasteiger partial charge >= 0.3 is 0 Å². The molecule has 2 heterocycles. The summed E-state index contributed by atoms with van der Waals surface area (Å²) in [5.41, 5.74) is 1.54. The third kappa shape index (κ3) is 2.57. The Bertz CT molecular complexity index is 531. The minimum Gasteiger partial charge on any atom is -0.303 e. The molecule has 0 radical (unpaired) electrons. The molecule has 0 aliphatic heterocycles. The Labute approximate surface area is 124 Å². The van der Waals surface area contributed by atoms with Crippen molar-refractivity contribution in [2.75, 3.05) is 0 Å². The highest BCUT2D eigenvalue weighted by atomic mass is 79.9. The van der Waals surface area contributed by atoms with Crippen molar-refractivity contribution >= 4 is 38.6 Å². The van der Waals surface area contributed by atoms with Crippen molar-refractivity contribution in [3.8, 4) is 0 Å². The largest absolute Gasteiger partial charge is 0.303 e. The van der Waals surface area contributed by atoms with Gasteiger partial charge in [0.25, 0.3) is 0 Å². The fraction of sp³-hybridized carbons (Fsp3) is 0.429. The lowest BCUT2D eigenvalue weighted by atomic mass is 9.93. The Morgan fingerprint density at radius 1 is 1.44 bits per heavy atom. The van der Waals surface area contributed by atoms with E-state index in [1.807, 2.05) is 22.7 Å². The Balaban J connectivity index is 1.74. The minimum absolute atomic E-state index is 0.428. The summed E-state index contributed by atoms with van der Waals surface area (Å²) >= 11 is 7.26. The molecule has 0 saturated carbocycles. The summed E-state index contributed by atoms with van der Waals surface area (Å²) < 4.78 is 1.19. The number of halogens is 1. The molecule has 0 fully saturated rings. The van der Waals surface area contributed by atoms with E-state index in [2.05, 4.69) is 51.1 Å². The zero-order valence-corrected chi connectivity index (χ0v) is 13.5. The number of fused-ring (bicyclic) bond motifs is 1. The second-order valence-electron chi connectivity index (χ2n) is 4.80. The lowest BCUT2D eigenvalue weighted by Crippen LogP contribution is -2.26. The average molecular weight is 342 g/mol. The predicted molar refractivity (Wildman–Crippen MR) is 83.6 cm³/mol. The van der Waals surface area contributed by atoms with Gasteiger partial charge in [-0.1, -0.05) is 0 Å². The predicted octanol–water partition coefficient (Wildman–Crippen LogP) is 5.30. The van der Waals surface area contributed by atoms with E-state index in [0.717, 1.165) is 0 Å². The van der Waals surface area contributed by atoms with Crippen LogP contribution in [0.15, 0.2) is 27.4 Å². The van der Waals surface area contributed by atoms with Gasteiger partial charge in [0.15, 0.2) is 0 Å². The lowest BCUT2D eigenvalue weighted by molar-refractivity contribution is 0.421. The molecule has 4 heteroatoms. The van der Waals surface area contributed by atoms with Crippen LogP contribution in [0.25, 0.3) is 0 Å². The molecule has 2 aromatic heterocycles. The molecular formula is C14H16BrNS2. The fourth-order valence-corrected chi connectivity index (χ4v) is 5.05. The molecule has 1 nitrogen and oxygen atoms in total. The van der Waals surface area contributed by atoms with Crippen molar-refractivity contribution in [2.24, 2.45) is 0 Å². The summed E-state index contributed by atoms with van der Waals surface area (Å²) in [7, 11) is 0. The minimum atomic E-state index is 0.428. The van der Waals surface area contributed by atoms with E-state index in [9.17, 15) is 0 Å². The van der Waals surface area contributed by atoms with Gasteiger partial charge in [0.05, 0.1) is 0 Å². The van der Waals surface area contributed by atoms with Crippen LogP contribution in [-0.2, 0) is 6.42 Å². The summed E-state index contributed by atoms with van der Waals surface area (Å²) in [6.45, 7) is 2.26. The Hall–Kier alpha value is -0.160. The zero-order valence-electron chi connectivity index (χ0n) is 10.3. The summed E-state index contributed by atoms with van der Waals surface area (Å²) in [6.07, 6.45) is 3.84. The topological polar surface area (TPSA) is 12.0 Å². The van der Waals surface area contributed by atoms with Gasteiger partial charge in [0.1, 0.15) is 0 Å². The van der Waals surface area contributed by atoms with Crippen LogP contribution in [0.5, 0.6) is 0 Å². The summed E-state index contributed by atoms with van der Waals surface area (Å²) in [6, 6.07) is 5.49. The molecule has 2 aromatic rings. The maximum absolute atomic E-state index is 3.79. The van der Waals surface area contributed by atoms with Gasteiger partial charge in [-0.3, -0.25) is 0 Å². The highest BCUT2D eigenvalue weighted by Gasteiger charge is 2.23. The number of nitrogens with one attached hydrogen (secondary N) is 1. The number of hydrogen-bond donors (Lipinski definition) is 1. The van der Waals surface area contributed by atoms with Crippen LogP contribution in [0.3, 0.4) is 0 Å². The summed E-state index contributed by atoms with van der Waals surface area (Å²) in [5, 5.41) is 8.18. The van der Waals surface area contributed by atoms with E-state index in [1.54, 1.807) is 4.88 Å². The second kappa shape index (κ2) is 5.45. The molecule has 2 unspecified atom stereocenters. The van der Waals surface area contributed by atoms with Crippen molar-refractivity contribution in [3.05, 3.63) is 42.7 Å². The van der Waals surface area contributed by atoms with E-state index in [0.29, 0.717) is 12.1 Å². The standard InChI is InChI=1S/C14H16BrNS2/c1-9(14-7-10(15)8-18-14)16-12-3-2-4-13-11(12)5-6-17-13/h5-9,12,16H,2-4H2,1H3. The van der Waals surface area contributed by atoms with Crippen LogP contribution in [0.2, 0.25) is 0 Å². The molecule has 2 atom stereocenters. The molecule has 0 saturated heterocycles. The monoisotopic (exact) mass is 341 g/mol. The SMILES string of the molecule is CC(NC1CCCc2sccc21)c1cc(Br)cs1. The summed E-state index contributed by atoms with van der Waals surface area (Å²) in [5.74, 6) is 0. The van der Waals surface area contributed by atoms with E-state index in [4.69, 9.17) is 0 Å². The highest BCUT2D eigenvalue weighted by Crippen LogP contribution is 2.35. The van der Waals surface area contributed by atoms with E-state index in [1.165, 1.54) is 34.2 Å². The number of hydrogen-bond acceptors (Lipinski definition) is 3. The van der Waals surface area contributed by atoms with Crippen LogP contribution in [0.4, 0.5) is 0 Å². The van der Waals surface area contributed by atoms with Crippen LogP contribution < -0.4 is 5.32 Å². The first-order valence-electron chi connectivity index (χ1n) is 6.30. The molecule has 0 spiro atoms. The fourth-order valence-electron chi connectivity index (χ4n) is 2.60. The van der Waals surface area contributed by atoms with Crippen LogP contribution in [-0.4, -0.2) is 0 Å². The van der Waals surface area contributed by atoms with Gasteiger partial charge < -0.3 is 5.32 Å². The Kier molecular flexibility index (Phi) is 3.89. The van der Waals surface area contributed by atoms with Gasteiger partial charge in [-0.05, 0) is 65.2 Å². The quantitative estimate of drug-likeness (QED) is 0.798. The van der Waals surface area contributed by atoms with Crippen molar-refractivity contribution in [1.82, 2.24) is 5.32 Å². The first-order chi connectivity index (χ1) is 8.74. The zero-order chi connectivity index (χ0) is 12.5. The third-order valence-corrected chi connectivity index (χ3v) is 6.39.